The van der Waals surface area contributed by atoms with Crippen molar-refractivity contribution < 1.29 is 28.6 Å². The van der Waals surface area contributed by atoms with Gasteiger partial charge in [-0.25, -0.2) is 23.4 Å². The molecule has 0 fully saturated rings. The fourth-order valence-electron chi connectivity index (χ4n) is 3.45. The number of rotatable bonds is 7. The molecule has 0 amide bonds. The molecule has 35 heavy (non-hydrogen) atoms. The number of halogens is 2. The number of carboxylic acids is 2. The topological polar surface area (TPSA) is 103 Å². The Morgan fingerprint density at radius 2 is 1.31 bits per heavy atom. The molecule has 174 valence electrons. The predicted octanol–water partition coefficient (Wildman–Crippen LogP) is 5.88. The van der Waals surface area contributed by atoms with Crippen LogP contribution >= 0.6 is 0 Å². The standard InChI is InChI=1S/C27H18F2N2O4/c28-20-11-12-22(29)21(15-20)27-30-25(18-7-1-16(2-8-18)5-13-23(32)33)26(31-27)19-9-3-17(4-10-19)6-14-24(34)35/h1-15H,(H,30,31)(H,32,33)(H,34,35). The lowest BCUT2D eigenvalue weighted by Crippen LogP contribution is -1.88. The van der Waals surface area contributed by atoms with E-state index >= 15 is 0 Å². The first kappa shape index (κ1) is 23.3. The van der Waals surface area contributed by atoms with E-state index in [1.165, 1.54) is 12.2 Å². The SMILES string of the molecule is O=C(O)C=Cc1ccc(-c2nc(-c3cc(F)ccc3F)[nH]c2-c2ccc(C=CC(=O)O)cc2)cc1. The first-order chi connectivity index (χ1) is 16.8. The van der Waals surface area contributed by atoms with Crippen molar-refractivity contribution in [1.82, 2.24) is 9.97 Å². The Morgan fingerprint density at radius 3 is 1.86 bits per heavy atom. The van der Waals surface area contributed by atoms with Crippen molar-refractivity contribution in [3.8, 4) is 33.9 Å². The molecule has 3 N–H and O–H groups in total. The fraction of sp³-hybridized carbons (Fsp3) is 0. The van der Waals surface area contributed by atoms with Crippen LogP contribution in [0.25, 0.3) is 46.1 Å². The highest BCUT2D eigenvalue weighted by Crippen LogP contribution is 2.34. The van der Waals surface area contributed by atoms with Gasteiger partial charge in [0.15, 0.2) is 0 Å². The van der Waals surface area contributed by atoms with Crippen molar-refractivity contribution in [2.24, 2.45) is 0 Å². The van der Waals surface area contributed by atoms with Crippen molar-refractivity contribution >= 4 is 24.1 Å². The molecule has 0 saturated heterocycles. The van der Waals surface area contributed by atoms with Gasteiger partial charge in [-0.05, 0) is 41.5 Å². The molecule has 0 aliphatic carbocycles. The number of aliphatic carboxylic acids is 2. The minimum absolute atomic E-state index is 0.0282. The molecule has 0 bridgehead atoms. The van der Waals surface area contributed by atoms with Gasteiger partial charge in [0, 0.05) is 23.3 Å². The summed E-state index contributed by atoms with van der Waals surface area (Å²) in [6.07, 6.45) is 4.97. The Labute approximate surface area is 198 Å². The van der Waals surface area contributed by atoms with Crippen molar-refractivity contribution in [1.29, 1.82) is 0 Å². The third-order valence-electron chi connectivity index (χ3n) is 5.11. The summed E-state index contributed by atoms with van der Waals surface area (Å²) in [6, 6.07) is 17.0. The van der Waals surface area contributed by atoms with Gasteiger partial charge in [0.25, 0.3) is 0 Å². The van der Waals surface area contributed by atoms with E-state index in [0.717, 1.165) is 30.4 Å². The number of hydrogen-bond donors (Lipinski definition) is 3. The molecule has 0 aliphatic heterocycles. The zero-order valence-electron chi connectivity index (χ0n) is 18.1. The summed E-state index contributed by atoms with van der Waals surface area (Å²) in [5.41, 5.74) is 3.69. The van der Waals surface area contributed by atoms with Crippen molar-refractivity contribution in [3.05, 3.63) is 102 Å². The van der Waals surface area contributed by atoms with Gasteiger partial charge in [-0.1, -0.05) is 48.5 Å². The lowest BCUT2D eigenvalue weighted by molar-refractivity contribution is -0.132. The van der Waals surface area contributed by atoms with E-state index in [0.29, 0.717) is 33.6 Å². The lowest BCUT2D eigenvalue weighted by atomic mass is 10.0. The minimum atomic E-state index is -1.06. The maximum Gasteiger partial charge on any atom is 0.328 e. The molecule has 8 heteroatoms. The van der Waals surface area contributed by atoms with E-state index in [9.17, 15) is 18.4 Å². The molecule has 0 saturated carbocycles. The van der Waals surface area contributed by atoms with Gasteiger partial charge in [-0.15, -0.1) is 0 Å². The van der Waals surface area contributed by atoms with Crippen LogP contribution in [-0.2, 0) is 9.59 Å². The number of nitrogens with zero attached hydrogens (tertiary/aromatic N) is 1. The molecule has 4 rings (SSSR count). The van der Waals surface area contributed by atoms with Crippen LogP contribution in [0.4, 0.5) is 8.78 Å². The smallest absolute Gasteiger partial charge is 0.328 e. The first-order valence-electron chi connectivity index (χ1n) is 10.4. The number of nitrogens with one attached hydrogen (secondary N) is 1. The third-order valence-corrected chi connectivity index (χ3v) is 5.11. The summed E-state index contributed by atoms with van der Waals surface area (Å²) < 4.78 is 28.3. The van der Waals surface area contributed by atoms with Crippen LogP contribution in [0.2, 0.25) is 0 Å². The van der Waals surface area contributed by atoms with Crippen LogP contribution in [0.15, 0.2) is 78.9 Å². The van der Waals surface area contributed by atoms with E-state index in [-0.39, 0.29) is 11.4 Å². The maximum atomic E-state index is 14.5. The minimum Gasteiger partial charge on any atom is -0.478 e. The van der Waals surface area contributed by atoms with Crippen LogP contribution in [0.1, 0.15) is 11.1 Å². The zero-order valence-corrected chi connectivity index (χ0v) is 18.1. The highest BCUT2D eigenvalue weighted by atomic mass is 19.1. The van der Waals surface area contributed by atoms with Crippen LogP contribution in [0.3, 0.4) is 0 Å². The largest absolute Gasteiger partial charge is 0.478 e. The second kappa shape index (κ2) is 9.96. The summed E-state index contributed by atoms with van der Waals surface area (Å²) in [5, 5.41) is 17.6. The van der Waals surface area contributed by atoms with E-state index < -0.39 is 23.6 Å². The number of H-pyrrole nitrogens is 1. The Bertz CT molecular complexity index is 1370. The average molecular weight is 472 g/mol. The van der Waals surface area contributed by atoms with Crippen LogP contribution < -0.4 is 0 Å². The average Bonchev–Trinajstić information content (AvgIpc) is 3.29. The fourth-order valence-corrected chi connectivity index (χ4v) is 3.45. The monoisotopic (exact) mass is 472 g/mol. The summed E-state index contributed by atoms with van der Waals surface area (Å²) in [5.74, 6) is -3.23. The Hall–Kier alpha value is -4.85. The second-order valence-corrected chi connectivity index (χ2v) is 7.52. The highest BCUT2D eigenvalue weighted by Gasteiger charge is 2.18. The molecule has 0 spiro atoms. The molecule has 0 radical (unpaired) electrons. The molecular weight excluding hydrogens is 454 g/mol. The number of hydrogen-bond acceptors (Lipinski definition) is 3. The molecule has 4 aromatic rings. The van der Waals surface area contributed by atoms with Crippen molar-refractivity contribution in [3.63, 3.8) is 0 Å². The number of aromatic nitrogens is 2. The summed E-state index contributed by atoms with van der Waals surface area (Å²) >= 11 is 0. The van der Waals surface area contributed by atoms with Gasteiger partial charge in [-0.2, -0.15) is 0 Å². The van der Waals surface area contributed by atoms with Crippen LogP contribution in [0, 0.1) is 11.6 Å². The number of carbonyl (C=O) groups is 2. The summed E-state index contributed by atoms with van der Waals surface area (Å²) in [6.45, 7) is 0. The zero-order chi connectivity index (χ0) is 24.9. The van der Waals surface area contributed by atoms with E-state index in [2.05, 4.69) is 9.97 Å². The van der Waals surface area contributed by atoms with Gasteiger partial charge in [0.05, 0.1) is 17.0 Å². The van der Waals surface area contributed by atoms with E-state index in [4.69, 9.17) is 10.2 Å². The second-order valence-electron chi connectivity index (χ2n) is 7.52. The van der Waals surface area contributed by atoms with Crippen LogP contribution in [-0.4, -0.2) is 32.1 Å². The number of aromatic amines is 1. The summed E-state index contributed by atoms with van der Waals surface area (Å²) in [7, 11) is 0. The molecule has 1 aromatic heterocycles. The van der Waals surface area contributed by atoms with Crippen LogP contribution in [0.5, 0.6) is 0 Å². The van der Waals surface area contributed by atoms with Gasteiger partial charge in [0.1, 0.15) is 17.5 Å². The van der Waals surface area contributed by atoms with Gasteiger partial charge in [0.2, 0.25) is 0 Å². The number of benzene rings is 3. The highest BCUT2D eigenvalue weighted by molar-refractivity contribution is 5.87. The molecule has 6 nitrogen and oxygen atoms in total. The normalized spacial score (nSPS) is 11.4. The van der Waals surface area contributed by atoms with Gasteiger partial charge < -0.3 is 15.2 Å². The van der Waals surface area contributed by atoms with Gasteiger partial charge in [-0.3, -0.25) is 0 Å². The number of imidazole rings is 1. The predicted molar refractivity (Wildman–Crippen MR) is 128 cm³/mol. The summed E-state index contributed by atoms with van der Waals surface area (Å²) in [4.78, 5) is 29.1. The molecule has 0 atom stereocenters. The third kappa shape index (κ3) is 5.56. The molecule has 0 aliphatic rings. The van der Waals surface area contributed by atoms with Gasteiger partial charge >= 0.3 is 11.9 Å². The first-order valence-corrected chi connectivity index (χ1v) is 10.4. The van der Waals surface area contributed by atoms with Crippen molar-refractivity contribution in [2.45, 2.75) is 0 Å². The Morgan fingerprint density at radius 1 is 0.771 bits per heavy atom. The molecular formula is C27H18F2N2O4. The molecule has 0 unspecified atom stereocenters. The van der Waals surface area contributed by atoms with Crippen molar-refractivity contribution in [2.75, 3.05) is 0 Å². The molecule has 3 aromatic carbocycles. The lowest BCUT2D eigenvalue weighted by Gasteiger charge is -2.05. The molecule has 1 heterocycles. The quantitative estimate of drug-likeness (QED) is 0.291. The Kier molecular flexibility index (Phi) is 6.64. The van der Waals surface area contributed by atoms with E-state index in [1.807, 2.05) is 0 Å². The number of carboxylic acid groups (broad SMARTS) is 2. The maximum absolute atomic E-state index is 14.5. The van der Waals surface area contributed by atoms with E-state index in [1.54, 1.807) is 48.5 Å². The Balaban J connectivity index is 1.80.